The molecule has 0 N–H and O–H groups in total. The minimum Gasteiger partial charge on any atom is -0.463 e. The smallest absolute Gasteiger partial charge is 0.338 e. The first-order valence-electron chi connectivity index (χ1n) is 9.09. The summed E-state index contributed by atoms with van der Waals surface area (Å²) in [5, 5.41) is 2.08. The number of carbonyl (C=O) groups excluding carboxylic acids is 1. The fourth-order valence-corrected chi connectivity index (χ4v) is 5.36. The van der Waals surface area contributed by atoms with Crippen molar-refractivity contribution in [2.75, 3.05) is 6.61 Å². The number of aromatic nitrogens is 1. The standard InChI is InChI=1S/C21H16ClFN2O3S2/c1-3-28-20(27)17-11(2)24-21-25(18(17)15-8-5-9-29-15)19(26)16(30-21)10-12-13(22)6-4-7-14(12)23/h4-10,18H,3H2,1-2H3/b16-10-. The van der Waals surface area contributed by atoms with Crippen molar-refractivity contribution in [2.24, 2.45) is 4.99 Å². The lowest BCUT2D eigenvalue weighted by Crippen LogP contribution is -2.39. The predicted molar refractivity (Wildman–Crippen MR) is 116 cm³/mol. The maximum atomic E-state index is 14.3. The zero-order valence-corrected chi connectivity index (χ0v) is 18.4. The highest BCUT2D eigenvalue weighted by atomic mass is 35.5. The Morgan fingerprint density at radius 1 is 1.37 bits per heavy atom. The molecule has 154 valence electrons. The highest BCUT2D eigenvalue weighted by Crippen LogP contribution is 2.33. The van der Waals surface area contributed by atoms with Crippen molar-refractivity contribution in [1.82, 2.24) is 4.57 Å². The van der Waals surface area contributed by atoms with Crippen molar-refractivity contribution < 1.29 is 13.9 Å². The van der Waals surface area contributed by atoms with Crippen molar-refractivity contribution in [3.8, 4) is 0 Å². The Morgan fingerprint density at radius 3 is 2.83 bits per heavy atom. The van der Waals surface area contributed by atoms with E-state index in [9.17, 15) is 14.0 Å². The first-order valence-corrected chi connectivity index (χ1v) is 11.2. The molecule has 9 heteroatoms. The van der Waals surface area contributed by atoms with E-state index >= 15 is 0 Å². The number of rotatable bonds is 4. The molecule has 1 unspecified atom stereocenters. The van der Waals surface area contributed by atoms with Crippen LogP contribution in [0.2, 0.25) is 5.02 Å². The van der Waals surface area contributed by atoms with Crippen molar-refractivity contribution in [3.05, 3.63) is 88.0 Å². The monoisotopic (exact) mass is 462 g/mol. The molecular weight excluding hydrogens is 447 g/mol. The quantitative estimate of drug-likeness (QED) is 0.556. The second kappa shape index (κ2) is 8.29. The molecule has 2 aromatic heterocycles. The molecule has 5 nitrogen and oxygen atoms in total. The molecule has 4 rings (SSSR count). The average molecular weight is 463 g/mol. The van der Waals surface area contributed by atoms with Crippen LogP contribution in [-0.4, -0.2) is 17.1 Å². The van der Waals surface area contributed by atoms with Gasteiger partial charge in [-0.05, 0) is 43.5 Å². The number of hydrogen-bond donors (Lipinski definition) is 0. The summed E-state index contributed by atoms with van der Waals surface area (Å²) in [7, 11) is 0. The number of thiophene rings is 1. The first kappa shape index (κ1) is 20.7. The summed E-state index contributed by atoms with van der Waals surface area (Å²) in [5.74, 6) is -1.03. The van der Waals surface area contributed by atoms with E-state index in [1.54, 1.807) is 19.9 Å². The van der Waals surface area contributed by atoms with Crippen molar-refractivity contribution in [1.29, 1.82) is 0 Å². The fraction of sp³-hybridized carbons (Fsp3) is 0.190. The van der Waals surface area contributed by atoms with Crippen LogP contribution in [-0.2, 0) is 9.53 Å². The second-order valence-electron chi connectivity index (χ2n) is 6.45. The van der Waals surface area contributed by atoms with Gasteiger partial charge in [-0.15, -0.1) is 11.3 Å². The van der Waals surface area contributed by atoms with E-state index in [1.807, 2.05) is 17.5 Å². The van der Waals surface area contributed by atoms with Gasteiger partial charge in [0.05, 0.1) is 27.4 Å². The van der Waals surface area contributed by atoms with Crippen LogP contribution in [0, 0.1) is 5.82 Å². The Bertz CT molecular complexity index is 1320. The number of thiazole rings is 1. The van der Waals surface area contributed by atoms with E-state index in [-0.39, 0.29) is 27.3 Å². The van der Waals surface area contributed by atoms with E-state index < -0.39 is 17.8 Å². The van der Waals surface area contributed by atoms with Gasteiger partial charge in [0.2, 0.25) is 0 Å². The molecule has 0 radical (unpaired) electrons. The highest BCUT2D eigenvalue weighted by molar-refractivity contribution is 7.10. The normalized spacial score (nSPS) is 16.4. The number of halogens is 2. The number of allylic oxidation sites excluding steroid dienone is 1. The van der Waals surface area contributed by atoms with E-state index in [4.69, 9.17) is 16.3 Å². The number of hydrogen-bond acceptors (Lipinski definition) is 6. The Kier molecular flexibility index (Phi) is 5.73. The van der Waals surface area contributed by atoms with Crippen LogP contribution in [0.3, 0.4) is 0 Å². The summed E-state index contributed by atoms with van der Waals surface area (Å²) in [4.78, 5) is 31.7. The van der Waals surface area contributed by atoms with Crippen LogP contribution in [0.5, 0.6) is 0 Å². The van der Waals surface area contributed by atoms with Crippen molar-refractivity contribution in [3.63, 3.8) is 0 Å². The number of esters is 1. The summed E-state index contributed by atoms with van der Waals surface area (Å²) >= 11 is 8.68. The Hall–Kier alpha value is -2.55. The molecule has 1 aromatic carbocycles. The number of fused-ring (bicyclic) bond motifs is 1. The Morgan fingerprint density at radius 2 is 2.17 bits per heavy atom. The van der Waals surface area contributed by atoms with Gasteiger partial charge in [-0.3, -0.25) is 9.36 Å². The molecule has 3 aromatic rings. The molecule has 1 atom stereocenters. The molecule has 3 heterocycles. The highest BCUT2D eigenvalue weighted by Gasteiger charge is 2.33. The average Bonchev–Trinajstić information content (AvgIpc) is 3.33. The molecule has 0 spiro atoms. The lowest BCUT2D eigenvalue weighted by Gasteiger charge is -2.23. The molecule has 0 saturated heterocycles. The van der Waals surface area contributed by atoms with Gasteiger partial charge in [-0.2, -0.15) is 0 Å². The second-order valence-corrected chi connectivity index (χ2v) is 8.85. The summed E-state index contributed by atoms with van der Waals surface area (Å²) in [6.45, 7) is 3.65. The van der Waals surface area contributed by atoms with Gasteiger partial charge >= 0.3 is 5.97 Å². The lowest BCUT2D eigenvalue weighted by molar-refractivity contribution is -0.139. The molecular formula is C21H16ClFN2O3S2. The van der Waals surface area contributed by atoms with Crippen LogP contribution in [0.25, 0.3) is 6.08 Å². The van der Waals surface area contributed by atoms with Crippen molar-refractivity contribution >= 4 is 46.3 Å². The van der Waals surface area contributed by atoms with E-state index in [0.29, 0.717) is 16.1 Å². The maximum absolute atomic E-state index is 14.3. The van der Waals surface area contributed by atoms with Crippen molar-refractivity contribution in [2.45, 2.75) is 19.9 Å². The van der Waals surface area contributed by atoms with Crippen LogP contribution >= 0.6 is 34.3 Å². The van der Waals surface area contributed by atoms with Gasteiger partial charge in [0.1, 0.15) is 11.9 Å². The van der Waals surface area contributed by atoms with Gasteiger partial charge in [-0.1, -0.05) is 35.1 Å². The first-order chi connectivity index (χ1) is 14.4. The molecule has 0 saturated carbocycles. The molecule has 0 aliphatic carbocycles. The maximum Gasteiger partial charge on any atom is 0.338 e. The topological polar surface area (TPSA) is 60.7 Å². The SMILES string of the molecule is CCOC(=O)C1=C(C)N=c2s/c(=C\c3c(F)cccc3Cl)c(=O)n2C1c1cccs1. The van der Waals surface area contributed by atoms with Crippen LogP contribution in [0.4, 0.5) is 4.39 Å². The minimum atomic E-state index is -0.654. The summed E-state index contributed by atoms with van der Waals surface area (Å²) in [6, 6.07) is 7.41. The van der Waals surface area contributed by atoms with Crippen LogP contribution in [0.1, 0.15) is 30.3 Å². The van der Waals surface area contributed by atoms with Gasteiger partial charge in [-0.25, -0.2) is 14.2 Å². The van der Waals surface area contributed by atoms with Gasteiger partial charge < -0.3 is 4.74 Å². The summed E-state index contributed by atoms with van der Waals surface area (Å²) in [5.41, 5.74) is 0.579. The molecule has 0 amide bonds. The summed E-state index contributed by atoms with van der Waals surface area (Å²) in [6.07, 6.45) is 1.43. The Labute approximate surface area is 184 Å². The predicted octanol–water partition coefficient (Wildman–Crippen LogP) is 3.65. The Balaban J connectivity index is 1.98. The van der Waals surface area contributed by atoms with Gasteiger partial charge in [0.25, 0.3) is 5.56 Å². The molecule has 1 aliphatic rings. The number of benzene rings is 1. The van der Waals surface area contributed by atoms with E-state index in [1.165, 1.54) is 34.1 Å². The van der Waals surface area contributed by atoms with Gasteiger partial charge in [0.15, 0.2) is 4.80 Å². The van der Waals surface area contributed by atoms with E-state index in [2.05, 4.69) is 4.99 Å². The summed E-state index contributed by atoms with van der Waals surface area (Å²) < 4.78 is 21.2. The van der Waals surface area contributed by atoms with Crippen LogP contribution in [0.15, 0.2) is 56.8 Å². The van der Waals surface area contributed by atoms with Gasteiger partial charge in [0, 0.05) is 10.4 Å². The zero-order valence-electron chi connectivity index (χ0n) is 16.0. The van der Waals surface area contributed by atoms with Crippen LogP contribution < -0.4 is 14.9 Å². The molecule has 30 heavy (non-hydrogen) atoms. The molecule has 1 aliphatic heterocycles. The molecule has 0 bridgehead atoms. The third-order valence-corrected chi connectivity index (χ3v) is 6.84. The third-order valence-electron chi connectivity index (χ3n) is 4.60. The zero-order chi connectivity index (χ0) is 21.4. The minimum absolute atomic E-state index is 0.137. The fourth-order valence-electron chi connectivity index (χ4n) is 3.29. The largest absolute Gasteiger partial charge is 0.463 e. The van der Waals surface area contributed by atoms with E-state index in [0.717, 1.165) is 16.2 Å². The third kappa shape index (κ3) is 3.55. The molecule has 0 fully saturated rings. The number of carbonyl (C=O) groups is 1. The number of nitrogens with zero attached hydrogens (tertiary/aromatic N) is 2. The lowest BCUT2D eigenvalue weighted by atomic mass is 10.0. The number of ether oxygens (including phenoxy) is 1.